The van der Waals surface area contributed by atoms with Crippen LogP contribution in [0.4, 0.5) is 0 Å². The van der Waals surface area contributed by atoms with Crippen molar-refractivity contribution in [2.75, 3.05) is 6.54 Å². The summed E-state index contributed by atoms with van der Waals surface area (Å²) in [5.74, 6) is 0.444. The molecule has 0 unspecified atom stereocenters. The summed E-state index contributed by atoms with van der Waals surface area (Å²) in [6.45, 7) is 5.31. The topological polar surface area (TPSA) is 20.3 Å². The van der Waals surface area contributed by atoms with Gasteiger partial charge in [0.15, 0.2) is 0 Å². The molecule has 2 heteroatoms. The van der Waals surface area contributed by atoms with Gasteiger partial charge in [0.25, 0.3) is 0 Å². The molecule has 0 aromatic rings. The van der Waals surface area contributed by atoms with E-state index in [9.17, 15) is 4.79 Å². The van der Waals surface area contributed by atoms with E-state index >= 15 is 0 Å². The van der Waals surface area contributed by atoms with Crippen molar-refractivity contribution >= 4 is 5.78 Å². The molecule has 0 bridgehead atoms. The molecular weight excluding hydrogens is 186 g/mol. The fourth-order valence-electron chi connectivity index (χ4n) is 3.09. The molecular formula is C13H23NO. The average molecular weight is 209 g/mol. The first kappa shape index (κ1) is 11.1. The zero-order valence-corrected chi connectivity index (χ0v) is 10.1. The summed E-state index contributed by atoms with van der Waals surface area (Å²) in [5.41, 5.74) is 0.246. The number of ketones is 1. The standard InChI is InChI=1S/C13H23NO/c1-13(2)9-8-12(15)10-14(13)11-6-4-3-5-7-11/h11H,3-10H2,1-2H3. The molecule has 0 radical (unpaired) electrons. The second-order valence-electron chi connectivity index (χ2n) is 5.77. The van der Waals surface area contributed by atoms with Crippen LogP contribution in [0.15, 0.2) is 0 Å². The lowest BCUT2D eigenvalue weighted by molar-refractivity contribution is -0.128. The molecule has 0 spiro atoms. The summed E-state index contributed by atoms with van der Waals surface area (Å²) in [7, 11) is 0. The summed E-state index contributed by atoms with van der Waals surface area (Å²) in [6, 6.07) is 0.679. The van der Waals surface area contributed by atoms with E-state index in [1.54, 1.807) is 0 Å². The van der Waals surface area contributed by atoms with E-state index in [1.807, 2.05) is 0 Å². The zero-order valence-electron chi connectivity index (χ0n) is 10.1. The van der Waals surface area contributed by atoms with Gasteiger partial charge < -0.3 is 0 Å². The van der Waals surface area contributed by atoms with Gasteiger partial charge in [-0.2, -0.15) is 0 Å². The number of piperidine rings is 1. The first-order chi connectivity index (χ1) is 7.09. The Morgan fingerprint density at radius 3 is 2.53 bits per heavy atom. The maximum absolute atomic E-state index is 11.6. The van der Waals surface area contributed by atoms with Crippen LogP contribution in [-0.4, -0.2) is 28.8 Å². The van der Waals surface area contributed by atoms with Crippen molar-refractivity contribution in [1.82, 2.24) is 4.90 Å². The van der Waals surface area contributed by atoms with E-state index in [0.717, 1.165) is 12.8 Å². The van der Waals surface area contributed by atoms with Crippen LogP contribution in [0.5, 0.6) is 0 Å². The molecule has 2 fully saturated rings. The van der Waals surface area contributed by atoms with E-state index in [4.69, 9.17) is 0 Å². The van der Waals surface area contributed by atoms with Gasteiger partial charge in [0, 0.05) is 18.0 Å². The first-order valence-corrected chi connectivity index (χ1v) is 6.38. The Balaban J connectivity index is 2.06. The maximum Gasteiger partial charge on any atom is 0.146 e. The van der Waals surface area contributed by atoms with Gasteiger partial charge in [-0.05, 0) is 33.1 Å². The second-order valence-corrected chi connectivity index (χ2v) is 5.77. The monoisotopic (exact) mass is 209 g/mol. The number of hydrogen-bond donors (Lipinski definition) is 0. The van der Waals surface area contributed by atoms with Crippen LogP contribution < -0.4 is 0 Å². The van der Waals surface area contributed by atoms with E-state index in [-0.39, 0.29) is 5.54 Å². The predicted molar refractivity (Wildman–Crippen MR) is 61.9 cm³/mol. The highest BCUT2D eigenvalue weighted by Gasteiger charge is 2.37. The lowest BCUT2D eigenvalue weighted by Gasteiger charge is -2.47. The molecule has 0 amide bonds. The van der Waals surface area contributed by atoms with Crippen LogP contribution in [0.2, 0.25) is 0 Å². The van der Waals surface area contributed by atoms with Crippen LogP contribution in [0.3, 0.4) is 0 Å². The number of nitrogens with zero attached hydrogens (tertiary/aromatic N) is 1. The highest BCUT2D eigenvalue weighted by molar-refractivity contribution is 5.81. The Morgan fingerprint density at radius 1 is 1.20 bits per heavy atom. The first-order valence-electron chi connectivity index (χ1n) is 6.38. The van der Waals surface area contributed by atoms with Gasteiger partial charge in [-0.15, -0.1) is 0 Å². The third-order valence-electron chi connectivity index (χ3n) is 4.16. The number of Topliss-reactive ketones (excluding diaryl/α,β-unsaturated/α-hetero) is 1. The normalized spacial score (nSPS) is 29.3. The van der Waals surface area contributed by atoms with Crippen molar-refractivity contribution in [3.8, 4) is 0 Å². The van der Waals surface area contributed by atoms with Crippen LogP contribution in [-0.2, 0) is 4.79 Å². The molecule has 1 heterocycles. The van der Waals surface area contributed by atoms with Crippen LogP contribution in [0.25, 0.3) is 0 Å². The highest BCUT2D eigenvalue weighted by atomic mass is 16.1. The quantitative estimate of drug-likeness (QED) is 0.662. The predicted octanol–water partition coefficient (Wildman–Crippen LogP) is 2.76. The van der Waals surface area contributed by atoms with Crippen LogP contribution >= 0.6 is 0 Å². The zero-order chi connectivity index (χ0) is 10.9. The fraction of sp³-hybridized carbons (Fsp3) is 0.923. The van der Waals surface area contributed by atoms with Gasteiger partial charge in [-0.25, -0.2) is 0 Å². The molecule has 2 rings (SSSR count). The molecule has 1 saturated heterocycles. The minimum atomic E-state index is 0.246. The van der Waals surface area contributed by atoms with Gasteiger partial charge in [-0.1, -0.05) is 19.3 Å². The van der Waals surface area contributed by atoms with E-state index in [0.29, 0.717) is 18.4 Å². The van der Waals surface area contributed by atoms with Gasteiger partial charge in [0.2, 0.25) is 0 Å². The van der Waals surface area contributed by atoms with Crippen molar-refractivity contribution in [1.29, 1.82) is 0 Å². The minimum Gasteiger partial charge on any atom is -0.298 e. The third-order valence-corrected chi connectivity index (χ3v) is 4.16. The maximum atomic E-state index is 11.6. The summed E-state index contributed by atoms with van der Waals surface area (Å²) < 4.78 is 0. The molecule has 2 nitrogen and oxygen atoms in total. The molecule has 15 heavy (non-hydrogen) atoms. The van der Waals surface area contributed by atoms with E-state index in [2.05, 4.69) is 18.7 Å². The van der Waals surface area contributed by atoms with Gasteiger partial charge in [0.1, 0.15) is 5.78 Å². The minimum absolute atomic E-state index is 0.246. The smallest absolute Gasteiger partial charge is 0.146 e. The van der Waals surface area contributed by atoms with Crippen molar-refractivity contribution in [3.63, 3.8) is 0 Å². The summed E-state index contributed by atoms with van der Waals surface area (Å²) in [6.07, 6.45) is 8.53. The number of carbonyl (C=O) groups is 1. The van der Waals surface area contributed by atoms with Crippen molar-refractivity contribution in [2.24, 2.45) is 0 Å². The van der Waals surface area contributed by atoms with Gasteiger partial charge in [-0.3, -0.25) is 9.69 Å². The third kappa shape index (κ3) is 2.41. The molecule has 1 aliphatic heterocycles. The lowest BCUT2D eigenvalue weighted by Crippen LogP contribution is -2.55. The highest BCUT2D eigenvalue weighted by Crippen LogP contribution is 2.33. The lowest BCUT2D eigenvalue weighted by atomic mass is 9.84. The summed E-state index contributed by atoms with van der Waals surface area (Å²) >= 11 is 0. The Kier molecular flexibility index (Phi) is 3.15. The molecule has 1 saturated carbocycles. The summed E-state index contributed by atoms with van der Waals surface area (Å²) in [5, 5.41) is 0. The largest absolute Gasteiger partial charge is 0.298 e. The van der Waals surface area contributed by atoms with Crippen LogP contribution in [0.1, 0.15) is 58.8 Å². The van der Waals surface area contributed by atoms with Gasteiger partial charge >= 0.3 is 0 Å². The second kappa shape index (κ2) is 4.25. The average Bonchev–Trinajstić information content (AvgIpc) is 2.23. The molecule has 0 aromatic heterocycles. The Labute approximate surface area is 93.0 Å². The van der Waals surface area contributed by atoms with Crippen LogP contribution in [0, 0.1) is 0 Å². The molecule has 86 valence electrons. The molecule has 0 atom stereocenters. The molecule has 1 aliphatic carbocycles. The fourth-order valence-corrected chi connectivity index (χ4v) is 3.09. The van der Waals surface area contributed by atoms with Gasteiger partial charge in [0.05, 0.1) is 6.54 Å². The van der Waals surface area contributed by atoms with E-state index in [1.165, 1.54) is 32.1 Å². The summed E-state index contributed by atoms with van der Waals surface area (Å²) in [4.78, 5) is 14.0. The van der Waals surface area contributed by atoms with Crippen molar-refractivity contribution in [3.05, 3.63) is 0 Å². The Morgan fingerprint density at radius 2 is 1.87 bits per heavy atom. The number of rotatable bonds is 1. The molecule has 0 N–H and O–H groups in total. The number of carbonyl (C=O) groups excluding carboxylic acids is 1. The Hall–Kier alpha value is -0.370. The SMILES string of the molecule is CC1(C)CCC(=O)CN1C1CCCCC1. The molecule has 0 aromatic carbocycles. The van der Waals surface area contributed by atoms with E-state index < -0.39 is 0 Å². The molecule has 2 aliphatic rings. The van der Waals surface area contributed by atoms with Crippen molar-refractivity contribution in [2.45, 2.75) is 70.4 Å². The van der Waals surface area contributed by atoms with Crippen molar-refractivity contribution < 1.29 is 4.79 Å². The Bertz CT molecular complexity index is 241. The number of likely N-dealkylation sites (tertiary alicyclic amines) is 1. The number of hydrogen-bond acceptors (Lipinski definition) is 2.